The summed E-state index contributed by atoms with van der Waals surface area (Å²) in [5, 5.41) is 0. The molecule has 3 atom stereocenters. The van der Waals surface area contributed by atoms with Gasteiger partial charge in [-0.15, -0.1) is 0 Å². The van der Waals surface area contributed by atoms with Crippen LogP contribution in [-0.4, -0.2) is 0 Å². The lowest BCUT2D eigenvalue weighted by atomic mass is 9.66. The molecular weight excluding hydrogens is 1260 g/mol. The molecule has 0 aromatic heterocycles. The highest BCUT2D eigenvalue weighted by atomic mass is 19.1. The highest BCUT2D eigenvalue weighted by Crippen LogP contribution is 2.66. The molecule has 102 heavy (non-hydrogen) atoms. The Balaban J connectivity index is 0.902. The monoisotopic (exact) mass is 1330 g/mol. The first-order chi connectivity index (χ1) is 49.5. The molecule has 0 radical (unpaired) electrons. The zero-order valence-corrected chi connectivity index (χ0v) is 57.3. The summed E-state index contributed by atoms with van der Waals surface area (Å²) in [5.74, 6) is -3.12. The van der Waals surface area contributed by atoms with Crippen molar-refractivity contribution in [3.05, 3.63) is 434 Å². The van der Waals surface area contributed by atoms with Crippen molar-refractivity contribution in [2.45, 2.75) is 50.9 Å². The quantitative estimate of drug-likeness (QED) is 0.0791. The molecule has 0 saturated heterocycles. The lowest BCUT2D eigenvalue weighted by Gasteiger charge is -2.37. The van der Waals surface area contributed by atoms with Crippen LogP contribution in [-0.2, 0) is 16.2 Å². The molecule has 0 amide bonds. The molecule has 0 aliphatic heterocycles. The van der Waals surface area contributed by atoms with Gasteiger partial charge in [0.15, 0.2) is 0 Å². The first-order valence-electron chi connectivity index (χ1n) is 34.6. The molecule has 13 aromatic rings. The zero-order valence-electron chi connectivity index (χ0n) is 57.3. The van der Waals surface area contributed by atoms with Gasteiger partial charge in [-0.1, -0.05) is 249 Å². The van der Waals surface area contributed by atoms with Gasteiger partial charge in [-0.2, -0.15) is 0 Å². The van der Waals surface area contributed by atoms with E-state index in [4.69, 9.17) is 0 Å². The molecule has 4 aliphatic rings. The Labute approximate surface area is 593 Å². The van der Waals surface area contributed by atoms with E-state index in [-0.39, 0.29) is 0 Å². The van der Waals surface area contributed by atoms with Crippen molar-refractivity contribution in [1.29, 1.82) is 0 Å². The number of anilines is 5. The van der Waals surface area contributed by atoms with E-state index in [2.05, 4.69) is 307 Å². The van der Waals surface area contributed by atoms with Crippen LogP contribution in [0.2, 0.25) is 0 Å². The average Bonchev–Trinajstić information content (AvgIpc) is 1.52. The minimum Gasteiger partial charge on any atom is -0.314 e. The Kier molecular flexibility index (Phi) is 14.9. The number of hydrogen-bond acceptors (Lipinski definition) is 2. The fourth-order valence-electron chi connectivity index (χ4n) is 17.9. The Morgan fingerprint density at radius 3 is 1.06 bits per heavy atom. The van der Waals surface area contributed by atoms with Gasteiger partial charge in [0.2, 0.25) is 0 Å². The van der Waals surface area contributed by atoms with Gasteiger partial charge >= 0.3 is 0 Å². The van der Waals surface area contributed by atoms with Crippen molar-refractivity contribution in [1.82, 2.24) is 0 Å². The van der Waals surface area contributed by atoms with Crippen LogP contribution in [0.3, 0.4) is 0 Å². The van der Waals surface area contributed by atoms with Crippen molar-refractivity contribution >= 4 is 40.6 Å². The highest BCUT2D eigenvalue weighted by molar-refractivity contribution is 5.99. The van der Waals surface area contributed by atoms with Crippen LogP contribution in [0.1, 0.15) is 107 Å². The van der Waals surface area contributed by atoms with Gasteiger partial charge in [-0.25, -0.2) is 17.6 Å². The zero-order chi connectivity index (χ0) is 70.1. The third-order valence-corrected chi connectivity index (χ3v) is 22.0. The predicted molar refractivity (Wildman–Crippen MR) is 413 cm³/mol. The third kappa shape index (κ3) is 9.38. The van der Waals surface area contributed by atoms with Gasteiger partial charge in [0.1, 0.15) is 23.3 Å². The summed E-state index contributed by atoms with van der Waals surface area (Å²) < 4.78 is 64.0. The molecule has 6 heteroatoms. The second-order valence-electron chi connectivity index (χ2n) is 27.7. The molecule has 492 valence electrons. The first-order valence-corrected chi connectivity index (χ1v) is 34.6. The average molecular weight is 1330 g/mol. The van der Waals surface area contributed by atoms with Crippen LogP contribution in [0, 0.1) is 39.3 Å². The number of aryl methyl sites for hydroxylation is 4. The van der Waals surface area contributed by atoms with Gasteiger partial charge < -0.3 is 9.80 Å². The van der Waals surface area contributed by atoms with Crippen LogP contribution < -0.4 is 9.80 Å². The molecule has 0 heterocycles. The summed E-state index contributed by atoms with van der Waals surface area (Å²) in [7, 11) is 0. The summed E-state index contributed by atoms with van der Waals surface area (Å²) >= 11 is 0. The summed E-state index contributed by atoms with van der Waals surface area (Å²) in [6, 6.07) is 94.9. The number of hydrogen-bond donors (Lipinski definition) is 0. The van der Waals surface area contributed by atoms with E-state index in [1.807, 2.05) is 24.0 Å². The van der Waals surface area contributed by atoms with E-state index in [1.165, 1.54) is 18.2 Å². The van der Waals surface area contributed by atoms with E-state index in [1.54, 1.807) is 0 Å². The van der Waals surface area contributed by atoms with E-state index in [0.29, 0.717) is 22.8 Å². The van der Waals surface area contributed by atoms with Gasteiger partial charge in [-0.3, -0.25) is 0 Å². The molecule has 0 N–H and O–H groups in total. The summed E-state index contributed by atoms with van der Waals surface area (Å²) in [6.07, 6.45) is 5.91. The van der Waals surface area contributed by atoms with Crippen LogP contribution in [0.25, 0.3) is 56.7 Å². The second-order valence-corrected chi connectivity index (χ2v) is 27.7. The summed E-state index contributed by atoms with van der Waals surface area (Å²) in [5.41, 5.74) is 28.8. The summed E-state index contributed by atoms with van der Waals surface area (Å²) in [6.45, 7) is 22.1. The number of fused-ring (bicyclic) bond motifs is 16. The maximum atomic E-state index is 16.5. The minimum atomic E-state index is -0.993. The maximum absolute atomic E-state index is 16.5. The van der Waals surface area contributed by atoms with Crippen LogP contribution in [0.4, 0.5) is 46.0 Å². The van der Waals surface area contributed by atoms with E-state index in [0.717, 1.165) is 168 Å². The van der Waals surface area contributed by atoms with Crippen molar-refractivity contribution in [2.24, 2.45) is 0 Å². The predicted octanol–water partition coefficient (Wildman–Crippen LogP) is 25.4. The highest BCUT2D eigenvalue weighted by Gasteiger charge is 2.53. The fraction of sp³-hybridized carbons (Fsp3) is 0.0833. The largest absolute Gasteiger partial charge is 0.314 e. The van der Waals surface area contributed by atoms with Crippen LogP contribution >= 0.6 is 0 Å². The van der Waals surface area contributed by atoms with Gasteiger partial charge in [0, 0.05) is 40.6 Å². The number of halogens is 4. The van der Waals surface area contributed by atoms with Crippen molar-refractivity contribution < 1.29 is 17.6 Å². The Hall–Kier alpha value is -12.1. The van der Waals surface area contributed by atoms with Gasteiger partial charge in [-0.05, 0) is 235 Å². The van der Waals surface area contributed by atoms with E-state index < -0.39 is 39.5 Å². The number of nitrogens with zero attached hydrogens (tertiary/aromatic N) is 2. The molecule has 0 saturated carbocycles. The molecular formula is C96H70F4N2. The molecule has 17 rings (SSSR count). The lowest BCUT2D eigenvalue weighted by molar-refractivity contribution is 0.583. The Morgan fingerprint density at radius 2 is 0.676 bits per heavy atom. The molecule has 2 nitrogen and oxygen atoms in total. The standard InChI is InChI=1S/C96H70F4N2/c1-9-64-31-35-66(36-32-64)94(88-47-58(3)27-29-60(88)5)84-23-15-11-19-76(84)80-43-39-71(54-90(80)94)101(63(8)50-68(98)49-62(7)97)72-40-44-82-78-21-13-17-25-86(78)96(92(82)55-72)87-26-18-14-22-79(87)83-46-42-74(57-93(83)96)102(75-52-69(99)51-70(100)53-75)73-41-45-81-77-20-12-16-24-85(77)95(91(81)56-73,67-37-33-65(10-2)34-38-67)89-48-59(4)28-30-61(89)6/h9-57H,1-2,7H2,3-6,8H3/b63-50+,68-49+. The SMILES string of the molecule is C=Cc1ccc(C2(c3cc(C)ccc3C)c3ccccc3-c3ccc(N(/C(C)=C/C(F)=C\C(=C)F)c4ccc5c(c4)C4(c6ccccc6-5)c5ccccc5-c5ccc(N(c6cc(F)cc(F)c6)c6ccc7c(c6)C(c6ccc(C=C)cc6)(c6cc(C)ccc6C)c6ccccc6-7)cc54)cc32)cc1. The molecule has 1 spiro atoms. The maximum Gasteiger partial charge on any atom is 0.128 e. The minimum absolute atomic E-state index is 0.304. The van der Waals surface area contributed by atoms with E-state index >= 15 is 13.2 Å². The number of benzene rings is 13. The first kappa shape index (κ1) is 63.3. The van der Waals surface area contributed by atoms with Gasteiger partial charge in [0.05, 0.1) is 21.9 Å². The molecule has 0 fully saturated rings. The van der Waals surface area contributed by atoms with Crippen molar-refractivity contribution in [2.75, 3.05) is 9.80 Å². The number of rotatable bonds is 14. The third-order valence-electron chi connectivity index (χ3n) is 22.0. The topological polar surface area (TPSA) is 6.48 Å². The molecule has 4 aliphatic carbocycles. The van der Waals surface area contributed by atoms with Crippen molar-refractivity contribution in [3.63, 3.8) is 0 Å². The van der Waals surface area contributed by atoms with Crippen LogP contribution in [0.15, 0.2) is 322 Å². The second kappa shape index (κ2) is 24.1. The van der Waals surface area contributed by atoms with Crippen LogP contribution in [0.5, 0.6) is 0 Å². The summed E-state index contributed by atoms with van der Waals surface area (Å²) in [4.78, 5) is 4.08. The van der Waals surface area contributed by atoms with Gasteiger partial charge in [0.25, 0.3) is 0 Å². The van der Waals surface area contributed by atoms with E-state index in [9.17, 15) is 4.39 Å². The lowest BCUT2D eigenvalue weighted by Crippen LogP contribution is -2.30. The molecule has 13 aromatic carbocycles. The number of allylic oxidation sites excluding steroid dienone is 5. The molecule has 0 bridgehead atoms. The fourth-order valence-corrected chi connectivity index (χ4v) is 17.9. The molecule has 3 unspecified atom stereocenters. The normalized spacial score (nSPS) is 17.0. The van der Waals surface area contributed by atoms with Crippen molar-refractivity contribution in [3.8, 4) is 44.5 Å². The smallest absolute Gasteiger partial charge is 0.128 e. The Bertz CT molecular complexity index is 5760. The Morgan fingerprint density at radius 1 is 0.333 bits per heavy atom.